The van der Waals surface area contributed by atoms with Crippen LogP contribution in [0.25, 0.3) is 0 Å². The zero-order valence-electron chi connectivity index (χ0n) is 14.7. The van der Waals surface area contributed by atoms with Gasteiger partial charge in [0.1, 0.15) is 4.90 Å². The highest BCUT2D eigenvalue weighted by atomic mass is 35.5. The summed E-state index contributed by atoms with van der Waals surface area (Å²) in [6.45, 7) is 1.37. The van der Waals surface area contributed by atoms with Crippen molar-refractivity contribution in [1.29, 1.82) is 0 Å². The molecule has 2 fully saturated rings. The summed E-state index contributed by atoms with van der Waals surface area (Å²) < 4.78 is 27.0. The topological polar surface area (TPSA) is 70.6 Å². The highest BCUT2D eigenvalue weighted by Crippen LogP contribution is 2.48. The number of halogens is 1. The number of hydrogen-bond donors (Lipinski definition) is 0. The number of nitrogens with zero attached hydrogens (tertiary/aromatic N) is 3. The lowest BCUT2D eigenvalue weighted by molar-refractivity contribution is -0.133. The molecule has 1 aliphatic carbocycles. The molecular formula is C19H20ClN3O3S. The van der Waals surface area contributed by atoms with Gasteiger partial charge in [0.05, 0.1) is 5.02 Å². The number of hydrogen-bond acceptors (Lipinski definition) is 4. The van der Waals surface area contributed by atoms with Crippen LogP contribution in [0.1, 0.15) is 17.9 Å². The Morgan fingerprint density at radius 1 is 1.07 bits per heavy atom. The number of amides is 1. The average Bonchev–Trinajstić information content (AvgIpc) is 3.49. The van der Waals surface area contributed by atoms with Crippen LogP contribution in [0.4, 0.5) is 0 Å². The summed E-state index contributed by atoms with van der Waals surface area (Å²) in [6.07, 6.45) is 4.37. The van der Waals surface area contributed by atoms with Crippen LogP contribution in [-0.4, -0.2) is 54.7 Å². The Hall–Kier alpha value is -1.96. The van der Waals surface area contributed by atoms with Crippen LogP contribution < -0.4 is 0 Å². The Morgan fingerprint density at radius 3 is 2.48 bits per heavy atom. The van der Waals surface area contributed by atoms with E-state index in [1.54, 1.807) is 29.3 Å². The average molecular weight is 406 g/mol. The number of rotatable bonds is 4. The monoisotopic (exact) mass is 405 g/mol. The first kappa shape index (κ1) is 18.4. The molecule has 2 aliphatic rings. The van der Waals surface area contributed by atoms with Crippen molar-refractivity contribution in [3.05, 3.63) is 59.4 Å². The maximum absolute atomic E-state index is 12.8. The number of carbonyl (C=O) groups is 1. The van der Waals surface area contributed by atoms with Gasteiger partial charge in [-0.15, -0.1) is 0 Å². The zero-order valence-corrected chi connectivity index (χ0v) is 16.2. The SMILES string of the molecule is O=C(C1CC1c1cccnc1)N1CCN(S(=O)(=O)c2ccccc2Cl)CC1. The maximum atomic E-state index is 12.8. The Bertz CT molecular complexity index is 944. The van der Waals surface area contributed by atoms with Crippen LogP contribution >= 0.6 is 11.6 Å². The van der Waals surface area contributed by atoms with E-state index in [4.69, 9.17) is 11.6 Å². The van der Waals surface area contributed by atoms with Gasteiger partial charge in [-0.2, -0.15) is 4.31 Å². The minimum atomic E-state index is -3.65. The second-order valence-corrected chi connectivity index (χ2v) is 9.21. The predicted molar refractivity (Wildman–Crippen MR) is 102 cm³/mol. The molecule has 1 saturated heterocycles. The lowest BCUT2D eigenvalue weighted by Gasteiger charge is -2.34. The van der Waals surface area contributed by atoms with Crippen molar-refractivity contribution in [2.45, 2.75) is 17.2 Å². The third-order valence-corrected chi connectivity index (χ3v) is 7.62. The van der Waals surface area contributed by atoms with Gasteiger partial charge in [0, 0.05) is 44.5 Å². The minimum absolute atomic E-state index is 0.0130. The van der Waals surface area contributed by atoms with Gasteiger partial charge in [-0.3, -0.25) is 9.78 Å². The largest absolute Gasteiger partial charge is 0.340 e. The first-order chi connectivity index (χ1) is 13.0. The van der Waals surface area contributed by atoms with Gasteiger partial charge in [0.2, 0.25) is 15.9 Å². The fraction of sp³-hybridized carbons (Fsp3) is 0.368. The summed E-state index contributed by atoms with van der Waals surface area (Å²) in [4.78, 5) is 18.8. The second kappa shape index (κ2) is 7.22. The molecule has 1 aromatic carbocycles. The highest BCUT2D eigenvalue weighted by Gasteiger charge is 2.46. The molecule has 2 atom stereocenters. The molecule has 0 radical (unpaired) electrons. The van der Waals surface area contributed by atoms with Gasteiger partial charge < -0.3 is 4.90 Å². The van der Waals surface area contributed by atoms with Gasteiger partial charge in [-0.05, 0) is 36.1 Å². The molecule has 2 aromatic rings. The van der Waals surface area contributed by atoms with Gasteiger partial charge in [0.25, 0.3) is 0 Å². The Morgan fingerprint density at radius 2 is 1.81 bits per heavy atom. The third kappa shape index (κ3) is 3.59. The standard InChI is InChI=1S/C19H20ClN3O3S/c20-17-5-1-2-6-18(17)27(25,26)23-10-8-22(9-11-23)19(24)16-12-15(16)14-4-3-7-21-13-14/h1-7,13,15-16H,8-12H2. The molecular weight excluding hydrogens is 386 g/mol. The summed E-state index contributed by atoms with van der Waals surface area (Å²) in [5, 5.41) is 0.216. The maximum Gasteiger partial charge on any atom is 0.244 e. The molecule has 2 heterocycles. The number of carbonyl (C=O) groups excluding carboxylic acids is 1. The molecule has 1 saturated carbocycles. The summed E-state index contributed by atoms with van der Waals surface area (Å²) in [5.74, 6) is 0.329. The molecule has 8 heteroatoms. The van der Waals surface area contributed by atoms with E-state index in [2.05, 4.69) is 4.98 Å². The minimum Gasteiger partial charge on any atom is -0.340 e. The number of aromatic nitrogens is 1. The van der Waals surface area contributed by atoms with E-state index < -0.39 is 10.0 Å². The summed E-state index contributed by atoms with van der Waals surface area (Å²) in [7, 11) is -3.65. The third-order valence-electron chi connectivity index (χ3n) is 5.22. The molecule has 1 aliphatic heterocycles. The lowest BCUT2D eigenvalue weighted by Crippen LogP contribution is -2.51. The zero-order chi connectivity index (χ0) is 19.0. The van der Waals surface area contributed by atoms with E-state index in [0.717, 1.165) is 12.0 Å². The van der Waals surface area contributed by atoms with E-state index in [0.29, 0.717) is 13.1 Å². The Balaban J connectivity index is 1.38. The van der Waals surface area contributed by atoms with E-state index in [9.17, 15) is 13.2 Å². The van der Waals surface area contributed by atoms with Crippen LogP contribution in [0.15, 0.2) is 53.7 Å². The molecule has 0 spiro atoms. The quantitative estimate of drug-likeness (QED) is 0.783. The van der Waals surface area contributed by atoms with Crippen molar-refractivity contribution >= 4 is 27.5 Å². The van der Waals surface area contributed by atoms with Crippen LogP contribution in [0.3, 0.4) is 0 Å². The summed E-state index contributed by atoms with van der Waals surface area (Å²) in [6, 6.07) is 10.3. The number of sulfonamides is 1. The van der Waals surface area contributed by atoms with Crippen molar-refractivity contribution in [2.24, 2.45) is 5.92 Å². The van der Waals surface area contributed by atoms with Crippen LogP contribution in [-0.2, 0) is 14.8 Å². The van der Waals surface area contributed by atoms with E-state index in [1.165, 1.54) is 10.4 Å². The molecule has 27 heavy (non-hydrogen) atoms. The van der Waals surface area contributed by atoms with Gasteiger partial charge in [0.15, 0.2) is 0 Å². The van der Waals surface area contributed by atoms with Crippen LogP contribution in [0.5, 0.6) is 0 Å². The molecule has 1 aromatic heterocycles. The normalized spacial score (nSPS) is 23.2. The first-order valence-corrected chi connectivity index (χ1v) is 10.7. The highest BCUT2D eigenvalue weighted by molar-refractivity contribution is 7.89. The summed E-state index contributed by atoms with van der Waals surface area (Å²) in [5.41, 5.74) is 1.09. The smallest absolute Gasteiger partial charge is 0.244 e. The van der Waals surface area contributed by atoms with Crippen molar-refractivity contribution in [3.8, 4) is 0 Å². The van der Waals surface area contributed by atoms with Gasteiger partial charge in [-0.1, -0.05) is 29.8 Å². The van der Waals surface area contributed by atoms with Crippen LogP contribution in [0, 0.1) is 5.92 Å². The Labute approximate surface area is 163 Å². The second-order valence-electron chi connectivity index (χ2n) is 6.89. The molecule has 1 amide bonds. The fourth-order valence-electron chi connectivity index (χ4n) is 3.61. The molecule has 0 bridgehead atoms. The van der Waals surface area contributed by atoms with Crippen molar-refractivity contribution < 1.29 is 13.2 Å². The van der Waals surface area contributed by atoms with Crippen LogP contribution in [0.2, 0.25) is 5.02 Å². The number of pyridine rings is 1. The van der Waals surface area contributed by atoms with E-state index in [1.807, 2.05) is 18.3 Å². The predicted octanol–water partition coefficient (Wildman–Crippen LogP) is 2.37. The first-order valence-electron chi connectivity index (χ1n) is 8.92. The van der Waals surface area contributed by atoms with E-state index >= 15 is 0 Å². The van der Waals surface area contributed by atoms with Crippen molar-refractivity contribution in [2.75, 3.05) is 26.2 Å². The number of piperazine rings is 1. The molecule has 142 valence electrons. The molecule has 2 unspecified atom stereocenters. The molecule has 4 rings (SSSR count). The molecule has 0 N–H and O–H groups in total. The van der Waals surface area contributed by atoms with Crippen molar-refractivity contribution in [3.63, 3.8) is 0 Å². The van der Waals surface area contributed by atoms with Crippen molar-refractivity contribution in [1.82, 2.24) is 14.2 Å². The summed E-state index contributed by atoms with van der Waals surface area (Å²) >= 11 is 6.06. The number of benzene rings is 1. The van der Waals surface area contributed by atoms with Gasteiger partial charge in [-0.25, -0.2) is 8.42 Å². The Kier molecular flexibility index (Phi) is 4.92. The molecule has 6 nitrogen and oxygen atoms in total. The fourth-order valence-corrected chi connectivity index (χ4v) is 5.52. The lowest BCUT2D eigenvalue weighted by atomic mass is 10.1. The van der Waals surface area contributed by atoms with Gasteiger partial charge >= 0.3 is 0 Å². The van der Waals surface area contributed by atoms with E-state index in [-0.39, 0.29) is 40.8 Å².